The Hall–Kier alpha value is -3.60. The van der Waals surface area contributed by atoms with E-state index in [1.54, 1.807) is 12.1 Å². The maximum Gasteiger partial charge on any atom is 0.310 e. The minimum absolute atomic E-state index is 0.0362. The first-order valence-corrected chi connectivity index (χ1v) is 10.2. The van der Waals surface area contributed by atoms with Crippen LogP contribution in [0.3, 0.4) is 0 Å². The van der Waals surface area contributed by atoms with Gasteiger partial charge in [-0.05, 0) is 55.7 Å². The van der Waals surface area contributed by atoms with Crippen LogP contribution in [0.4, 0.5) is 5.69 Å². The Labute approximate surface area is 183 Å². The van der Waals surface area contributed by atoms with Gasteiger partial charge in [0.1, 0.15) is 5.75 Å². The van der Waals surface area contributed by atoms with Crippen LogP contribution >= 0.6 is 0 Å². The van der Waals surface area contributed by atoms with Crippen molar-refractivity contribution in [2.45, 2.75) is 33.3 Å². The summed E-state index contributed by atoms with van der Waals surface area (Å²) in [5.41, 5.74) is 4.35. The summed E-state index contributed by atoms with van der Waals surface area (Å²) in [6, 6.07) is 22.4. The molecule has 0 aromatic heterocycles. The molecule has 1 N–H and O–H groups in total. The number of aryl methyl sites for hydroxylation is 3. The van der Waals surface area contributed by atoms with Crippen LogP contribution in [0.1, 0.15) is 34.8 Å². The molecule has 1 unspecified atom stereocenters. The molecule has 0 aliphatic rings. The van der Waals surface area contributed by atoms with Crippen molar-refractivity contribution in [2.75, 3.05) is 11.9 Å². The Morgan fingerprint density at radius 1 is 0.871 bits per heavy atom. The molecule has 3 aromatic rings. The van der Waals surface area contributed by atoms with Crippen LogP contribution in [0.25, 0.3) is 0 Å². The quantitative estimate of drug-likeness (QED) is 0.505. The number of hydrogen-bond acceptors (Lipinski definition) is 4. The number of benzene rings is 3. The van der Waals surface area contributed by atoms with Crippen molar-refractivity contribution in [1.82, 2.24) is 0 Å². The molecule has 160 valence electrons. The van der Waals surface area contributed by atoms with Gasteiger partial charge < -0.3 is 14.8 Å². The Balaban J connectivity index is 1.66. The number of esters is 1. The third-order valence-corrected chi connectivity index (χ3v) is 4.74. The van der Waals surface area contributed by atoms with Crippen molar-refractivity contribution >= 4 is 17.6 Å². The highest BCUT2D eigenvalue weighted by Crippen LogP contribution is 2.22. The molecule has 0 spiro atoms. The molecular weight excluding hydrogens is 390 g/mol. The first-order valence-electron chi connectivity index (χ1n) is 10.2. The maximum absolute atomic E-state index is 13.0. The molecule has 0 saturated carbocycles. The monoisotopic (exact) mass is 417 g/mol. The normalized spacial score (nSPS) is 11.5. The minimum Gasteiger partial charge on any atom is -0.493 e. The molecule has 0 fully saturated rings. The number of rotatable bonds is 8. The van der Waals surface area contributed by atoms with E-state index in [1.165, 1.54) is 0 Å². The van der Waals surface area contributed by atoms with E-state index >= 15 is 0 Å². The van der Waals surface area contributed by atoms with Gasteiger partial charge in [0.15, 0.2) is 0 Å². The van der Waals surface area contributed by atoms with Crippen molar-refractivity contribution < 1.29 is 19.1 Å². The zero-order chi connectivity index (χ0) is 22.2. The molecule has 0 aliphatic heterocycles. The Morgan fingerprint density at radius 2 is 1.52 bits per heavy atom. The number of anilines is 1. The average molecular weight is 418 g/mol. The number of nitrogens with one attached hydrogen (secondary N) is 1. The molecular formula is C26H27NO4. The molecule has 5 heteroatoms. The van der Waals surface area contributed by atoms with Crippen molar-refractivity contribution in [3.05, 3.63) is 95.1 Å². The molecule has 1 amide bonds. The van der Waals surface area contributed by atoms with E-state index in [9.17, 15) is 9.59 Å². The fraction of sp³-hybridized carbons (Fsp3) is 0.231. The zero-order valence-corrected chi connectivity index (χ0v) is 18.1. The number of hydrogen-bond donors (Lipinski definition) is 1. The predicted octanol–water partition coefficient (Wildman–Crippen LogP) is 5.30. The lowest BCUT2D eigenvalue weighted by Crippen LogP contribution is -2.26. The molecule has 3 rings (SSSR count). The first kappa shape index (κ1) is 22.1. The lowest BCUT2D eigenvalue weighted by molar-refractivity contribution is -0.155. The van der Waals surface area contributed by atoms with Crippen LogP contribution in [0.2, 0.25) is 0 Å². The number of ether oxygens (including phenoxy) is 2. The Morgan fingerprint density at radius 3 is 2.19 bits per heavy atom. The van der Waals surface area contributed by atoms with Crippen LogP contribution in [-0.2, 0) is 14.3 Å². The molecule has 0 bridgehead atoms. The molecule has 0 saturated heterocycles. The highest BCUT2D eigenvalue weighted by molar-refractivity contribution is 5.96. The van der Waals surface area contributed by atoms with Gasteiger partial charge in [-0.2, -0.15) is 0 Å². The van der Waals surface area contributed by atoms with Gasteiger partial charge in [0.2, 0.25) is 6.10 Å². The van der Waals surface area contributed by atoms with Gasteiger partial charge in [0, 0.05) is 11.3 Å². The van der Waals surface area contributed by atoms with Gasteiger partial charge in [-0.15, -0.1) is 0 Å². The van der Waals surface area contributed by atoms with Crippen molar-refractivity contribution in [2.24, 2.45) is 0 Å². The SMILES string of the molecule is Cc1cc(C)cc(NC(=O)C(OC(=O)CCOc2ccccc2C)c2ccccc2)c1. The maximum atomic E-state index is 13.0. The van der Waals surface area contributed by atoms with Crippen LogP contribution in [0.5, 0.6) is 5.75 Å². The first-order chi connectivity index (χ1) is 14.9. The van der Waals surface area contributed by atoms with E-state index in [1.807, 2.05) is 81.4 Å². The van der Waals surface area contributed by atoms with Gasteiger partial charge in [-0.1, -0.05) is 54.6 Å². The molecule has 0 radical (unpaired) electrons. The Kier molecular flexibility index (Phi) is 7.44. The van der Waals surface area contributed by atoms with Gasteiger partial charge >= 0.3 is 5.97 Å². The molecule has 3 aromatic carbocycles. The third kappa shape index (κ3) is 6.44. The zero-order valence-electron chi connectivity index (χ0n) is 18.1. The lowest BCUT2D eigenvalue weighted by atomic mass is 10.1. The van der Waals surface area contributed by atoms with E-state index in [0.717, 1.165) is 22.4 Å². The summed E-state index contributed by atoms with van der Waals surface area (Å²) in [7, 11) is 0. The second-order valence-electron chi connectivity index (χ2n) is 7.51. The average Bonchev–Trinajstić information content (AvgIpc) is 2.73. The second kappa shape index (κ2) is 10.4. The van der Waals surface area contributed by atoms with E-state index in [4.69, 9.17) is 9.47 Å². The fourth-order valence-corrected chi connectivity index (χ4v) is 3.31. The lowest BCUT2D eigenvalue weighted by Gasteiger charge is -2.19. The summed E-state index contributed by atoms with van der Waals surface area (Å²) < 4.78 is 11.2. The molecule has 5 nitrogen and oxygen atoms in total. The van der Waals surface area contributed by atoms with Crippen LogP contribution < -0.4 is 10.1 Å². The predicted molar refractivity (Wildman–Crippen MR) is 121 cm³/mol. The number of amides is 1. The van der Waals surface area contributed by atoms with E-state index in [2.05, 4.69) is 5.32 Å². The summed E-state index contributed by atoms with van der Waals surface area (Å²) in [4.78, 5) is 25.5. The molecule has 1 atom stereocenters. The smallest absolute Gasteiger partial charge is 0.310 e. The standard InChI is InChI=1S/C26H27NO4/c1-18-15-19(2)17-22(16-18)27-26(29)25(21-10-5-4-6-11-21)31-24(28)13-14-30-23-12-8-7-9-20(23)3/h4-12,15-17,25H,13-14H2,1-3H3,(H,27,29). The van der Waals surface area contributed by atoms with Gasteiger partial charge in [0.25, 0.3) is 5.91 Å². The van der Waals surface area contributed by atoms with Crippen molar-refractivity contribution in [3.8, 4) is 5.75 Å². The van der Waals surface area contributed by atoms with Crippen LogP contribution in [-0.4, -0.2) is 18.5 Å². The number of carbonyl (C=O) groups excluding carboxylic acids is 2. The Bertz CT molecular complexity index is 1030. The number of para-hydroxylation sites is 1. The summed E-state index contributed by atoms with van der Waals surface area (Å²) in [5.74, 6) is -0.176. The largest absolute Gasteiger partial charge is 0.493 e. The van der Waals surface area contributed by atoms with E-state index in [-0.39, 0.29) is 13.0 Å². The second-order valence-corrected chi connectivity index (χ2v) is 7.51. The summed E-state index contributed by atoms with van der Waals surface area (Å²) in [5, 5.41) is 2.87. The van der Waals surface area contributed by atoms with Gasteiger partial charge in [0.05, 0.1) is 13.0 Å². The van der Waals surface area contributed by atoms with Crippen LogP contribution in [0, 0.1) is 20.8 Å². The molecule has 31 heavy (non-hydrogen) atoms. The summed E-state index contributed by atoms with van der Waals surface area (Å²) >= 11 is 0. The van der Waals surface area contributed by atoms with E-state index in [0.29, 0.717) is 11.3 Å². The van der Waals surface area contributed by atoms with E-state index < -0.39 is 18.0 Å². The van der Waals surface area contributed by atoms with Gasteiger partial charge in [-0.25, -0.2) is 0 Å². The third-order valence-electron chi connectivity index (χ3n) is 4.74. The minimum atomic E-state index is -1.05. The number of carbonyl (C=O) groups is 2. The highest BCUT2D eigenvalue weighted by Gasteiger charge is 2.25. The summed E-state index contributed by atoms with van der Waals surface area (Å²) in [6.07, 6.45) is -1.01. The van der Waals surface area contributed by atoms with Crippen molar-refractivity contribution in [1.29, 1.82) is 0 Å². The van der Waals surface area contributed by atoms with Crippen molar-refractivity contribution in [3.63, 3.8) is 0 Å². The fourth-order valence-electron chi connectivity index (χ4n) is 3.31. The summed E-state index contributed by atoms with van der Waals surface area (Å²) in [6.45, 7) is 6.04. The molecule has 0 aliphatic carbocycles. The van der Waals surface area contributed by atoms with Gasteiger partial charge in [-0.3, -0.25) is 9.59 Å². The highest BCUT2D eigenvalue weighted by atomic mass is 16.6. The topological polar surface area (TPSA) is 64.6 Å². The van der Waals surface area contributed by atoms with Crippen LogP contribution in [0.15, 0.2) is 72.8 Å². The molecule has 0 heterocycles.